The highest BCUT2D eigenvalue weighted by Gasteiger charge is 2.10. The molecule has 1 aromatic carbocycles. The minimum atomic E-state index is -0.169. The van der Waals surface area contributed by atoms with Crippen molar-refractivity contribution in [1.29, 1.82) is 0 Å². The zero-order valence-corrected chi connectivity index (χ0v) is 13.6. The van der Waals surface area contributed by atoms with E-state index in [1.807, 2.05) is 38.1 Å². The highest BCUT2D eigenvalue weighted by molar-refractivity contribution is 7.80. The molecule has 1 aromatic heterocycles. The van der Waals surface area contributed by atoms with Gasteiger partial charge in [0, 0.05) is 18.7 Å². The van der Waals surface area contributed by atoms with Crippen LogP contribution in [0.2, 0.25) is 0 Å². The Balaban J connectivity index is 2.10. The van der Waals surface area contributed by atoms with Crippen LogP contribution in [0.25, 0.3) is 0 Å². The molecule has 0 fully saturated rings. The van der Waals surface area contributed by atoms with Gasteiger partial charge >= 0.3 is 0 Å². The second-order valence-corrected chi connectivity index (χ2v) is 5.88. The van der Waals surface area contributed by atoms with Crippen molar-refractivity contribution in [2.24, 2.45) is 11.7 Å². The van der Waals surface area contributed by atoms with Crippen molar-refractivity contribution in [2.75, 3.05) is 0 Å². The molecule has 0 amide bonds. The Bertz CT molecular complexity index is 707. The molecule has 1 unspecified atom stereocenters. The van der Waals surface area contributed by atoms with E-state index in [9.17, 15) is 4.79 Å². The summed E-state index contributed by atoms with van der Waals surface area (Å²) in [6.45, 7) is 4.75. The van der Waals surface area contributed by atoms with Crippen LogP contribution in [-0.4, -0.2) is 9.56 Å². The average molecular weight is 316 g/mol. The topological polar surface area (TPSA) is 57.2 Å². The molecule has 2 aromatic rings. The summed E-state index contributed by atoms with van der Waals surface area (Å²) >= 11 is 4.95. The number of benzene rings is 1. The van der Waals surface area contributed by atoms with Crippen LogP contribution in [0, 0.1) is 12.8 Å². The summed E-state index contributed by atoms with van der Waals surface area (Å²) in [5.74, 6) is 0.290. The Labute approximate surface area is 135 Å². The SMILES string of the molecule is Cc1ccc(COc2cccn(CC(C)C(N)=S)c2=O)cc1. The van der Waals surface area contributed by atoms with Gasteiger partial charge in [-0.3, -0.25) is 4.79 Å². The number of hydrogen-bond donors (Lipinski definition) is 1. The average Bonchev–Trinajstić information content (AvgIpc) is 2.49. The van der Waals surface area contributed by atoms with Gasteiger partial charge in [-0.05, 0) is 24.6 Å². The number of aromatic nitrogens is 1. The monoisotopic (exact) mass is 316 g/mol. The van der Waals surface area contributed by atoms with Gasteiger partial charge in [-0.15, -0.1) is 0 Å². The molecule has 4 nitrogen and oxygen atoms in total. The quantitative estimate of drug-likeness (QED) is 0.833. The standard InChI is InChI=1S/C17H20N2O2S/c1-12-5-7-14(8-6-12)11-21-15-4-3-9-19(17(15)20)10-13(2)16(18)22/h3-9,13H,10-11H2,1-2H3,(H2,18,22). The summed E-state index contributed by atoms with van der Waals surface area (Å²) in [5.41, 5.74) is 7.65. The minimum Gasteiger partial charge on any atom is -0.483 e. The Morgan fingerprint density at radius 1 is 1.32 bits per heavy atom. The van der Waals surface area contributed by atoms with E-state index in [-0.39, 0.29) is 11.5 Å². The molecule has 2 N–H and O–H groups in total. The molecule has 0 radical (unpaired) electrons. The Morgan fingerprint density at radius 2 is 2.00 bits per heavy atom. The van der Waals surface area contributed by atoms with Crippen molar-refractivity contribution in [1.82, 2.24) is 4.57 Å². The maximum atomic E-state index is 12.4. The van der Waals surface area contributed by atoms with Gasteiger partial charge in [-0.1, -0.05) is 49.0 Å². The Kier molecular flexibility index (Phi) is 5.33. The molecule has 22 heavy (non-hydrogen) atoms. The van der Waals surface area contributed by atoms with Crippen LogP contribution in [0.5, 0.6) is 5.75 Å². The second-order valence-electron chi connectivity index (χ2n) is 5.41. The molecule has 0 saturated carbocycles. The molecular weight excluding hydrogens is 296 g/mol. The molecule has 5 heteroatoms. The van der Waals surface area contributed by atoms with Gasteiger partial charge in [0.25, 0.3) is 5.56 Å². The van der Waals surface area contributed by atoms with Crippen molar-refractivity contribution >= 4 is 17.2 Å². The number of nitrogens with two attached hydrogens (primary N) is 1. The van der Waals surface area contributed by atoms with Crippen LogP contribution in [0.3, 0.4) is 0 Å². The molecule has 1 heterocycles. The summed E-state index contributed by atoms with van der Waals surface area (Å²) in [6.07, 6.45) is 1.72. The van der Waals surface area contributed by atoms with Crippen LogP contribution < -0.4 is 16.0 Å². The summed E-state index contributed by atoms with van der Waals surface area (Å²) in [6, 6.07) is 11.5. The largest absolute Gasteiger partial charge is 0.483 e. The maximum absolute atomic E-state index is 12.4. The molecule has 0 aliphatic rings. The first kappa shape index (κ1) is 16.2. The highest BCUT2D eigenvalue weighted by Crippen LogP contribution is 2.09. The lowest BCUT2D eigenvalue weighted by Gasteiger charge is -2.13. The van der Waals surface area contributed by atoms with Crippen LogP contribution in [-0.2, 0) is 13.2 Å². The summed E-state index contributed by atoms with van der Waals surface area (Å²) < 4.78 is 7.23. The Morgan fingerprint density at radius 3 is 2.64 bits per heavy atom. The molecule has 0 aliphatic carbocycles. The van der Waals surface area contributed by atoms with Crippen molar-refractivity contribution in [3.05, 3.63) is 64.1 Å². The van der Waals surface area contributed by atoms with Gasteiger partial charge in [0.15, 0.2) is 5.75 Å². The molecule has 0 bridgehead atoms. The third-order valence-electron chi connectivity index (χ3n) is 3.46. The van der Waals surface area contributed by atoms with E-state index in [1.165, 1.54) is 5.56 Å². The zero-order chi connectivity index (χ0) is 16.1. The van der Waals surface area contributed by atoms with Crippen molar-refractivity contribution in [3.63, 3.8) is 0 Å². The van der Waals surface area contributed by atoms with Crippen molar-refractivity contribution in [3.8, 4) is 5.75 Å². The van der Waals surface area contributed by atoms with Gasteiger partial charge in [0.2, 0.25) is 0 Å². The van der Waals surface area contributed by atoms with E-state index >= 15 is 0 Å². The molecule has 116 valence electrons. The fourth-order valence-corrected chi connectivity index (χ4v) is 2.07. The van der Waals surface area contributed by atoms with E-state index in [2.05, 4.69) is 0 Å². The second kappa shape index (κ2) is 7.22. The minimum absolute atomic E-state index is 0.0416. The number of pyridine rings is 1. The summed E-state index contributed by atoms with van der Waals surface area (Å²) in [7, 11) is 0. The third-order valence-corrected chi connectivity index (χ3v) is 3.86. The number of hydrogen-bond acceptors (Lipinski definition) is 3. The number of rotatable bonds is 6. The lowest BCUT2D eigenvalue weighted by atomic mass is 10.2. The van der Waals surface area contributed by atoms with Crippen molar-refractivity contribution < 1.29 is 4.74 Å². The molecule has 0 spiro atoms. The van der Waals surface area contributed by atoms with Crippen molar-refractivity contribution in [2.45, 2.75) is 27.0 Å². The Hall–Kier alpha value is -2.14. The van der Waals surface area contributed by atoms with E-state index in [0.29, 0.717) is 23.9 Å². The molecule has 0 saturated heterocycles. The molecule has 0 aliphatic heterocycles. The lowest BCUT2D eigenvalue weighted by molar-refractivity contribution is 0.298. The molecule has 1 atom stereocenters. The predicted molar refractivity (Wildman–Crippen MR) is 92.2 cm³/mol. The highest BCUT2D eigenvalue weighted by atomic mass is 32.1. The first-order valence-corrected chi connectivity index (χ1v) is 7.55. The first-order valence-electron chi connectivity index (χ1n) is 7.14. The van der Waals surface area contributed by atoms with Gasteiger partial charge in [-0.25, -0.2) is 0 Å². The number of nitrogens with zero attached hydrogens (tertiary/aromatic N) is 1. The maximum Gasteiger partial charge on any atom is 0.292 e. The van der Waals surface area contributed by atoms with Gasteiger partial charge < -0.3 is 15.0 Å². The third kappa shape index (κ3) is 4.18. The molecular formula is C17H20N2O2S. The van der Waals surface area contributed by atoms with Crippen LogP contribution >= 0.6 is 12.2 Å². The van der Waals surface area contributed by atoms with Crippen LogP contribution in [0.15, 0.2) is 47.4 Å². The van der Waals surface area contributed by atoms with E-state index < -0.39 is 0 Å². The van der Waals surface area contributed by atoms with Crippen LogP contribution in [0.1, 0.15) is 18.1 Å². The number of thiocarbonyl (C=S) groups is 1. The van der Waals surface area contributed by atoms with E-state index in [1.54, 1.807) is 22.9 Å². The normalized spacial score (nSPS) is 11.9. The number of ether oxygens (including phenoxy) is 1. The first-order chi connectivity index (χ1) is 10.5. The fourth-order valence-electron chi connectivity index (χ4n) is 2.00. The smallest absolute Gasteiger partial charge is 0.292 e. The van der Waals surface area contributed by atoms with Gasteiger partial charge in [-0.2, -0.15) is 0 Å². The van der Waals surface area contributed by atoms with Crippen LogP contribution in [0.4, 0.5) is 0 Å². The summed E-state index contributed by atoms with van der Waals surface area (Å²) in [4.78, 5) is 12.8. The van der Waals surface area contributed by atoms with Gasteiger partial charge in [0.1, 0.15) is 6.61 Å². The van der Waals surface area contributed by atoms with E-state index in [4.69, 9.17) is 22.7 Å². The van der Waals surface area contributed by atoms with Gasteiger partial charge in [0.05, 0.1) is 4.99 Å². The zero-order valence-electron chi connectivity index (χ0n) is 12.8. The van der Waals surface area contributed by atoms with E-state index in [0.717, 1.165) is 5.56 Å². The lowest BCUT2D eigenvalue weighted by Crippen LogP contribution is -2.29. The number of aryl methyl sites for hydroxylation is 1. The molecule has 2 rings (SSSR count). The fraction of sp³-hybridized carbons (Fsp3) is 0.294. The predicted octanol–water partition coefficient (Wildman–Crippen LogP) is 2.66. The summed E-state index contributed by atoms with van der Waals surface area (Å²) in [5, 5.41) is 0.